The van der Waals surface area contributed by atoms with Crippen LogP contribution in [0.5, 0.6) is 0 Å². The first-order valence-electron chi connectivity index (χ1n) is 8.51. The first-order chi connectivity index (χ1) is 12.9. The van der Waals surface area contributed by atoms with Gasteiger partial charge in [-0.05, 0) is 55.5 Å². The number of rotatable bonds is 7. The summed E-state index contributed by atoms with van der Waals surface area (Å²) in [5.41, 5.74) is 1.66. The summed E-state index contributed by atoms with van der Waals surface area (Å²) in [6.45, 7) is 3.72. The molecule has 0 fully saturated rings. The first kappa shape index (κ1) is 20.5. The lowest BCUT2D eigenvalue weighted by molar-refractivity contribution is -0.117. The molecule has 6 nitrogen and oxygen atoms in total. The summed E-state index contributed by atoms with van der Waals surface area (Å²) in [6.07, 6.45) is 0.127. The molecule has 0 aliphatic heterocycles. The molecule has 0 unspecified atom stereocenters. The molecule has 2 aromatic carbocycles. The SMILES string of the molecule is CCOC(=O)c1ccc(NC(=O)CCN(C(C)=O)c2ccc(Cl)cc2)cc1. The normalized spacial score (nSPS) is 10.2. The molecule has 0 aromatic heterocycles. The quantitative estimate of drug-likeness (QED) is 0.730. The van der Waals surface area contributed by atoms with Crippen LogP contribution in [0.25, 0.3) is 0 Å². The second-order valence-corrected chi connectivity index (χ2v) is 6.18. The Bertz CT molecular complexity index is 804. The van der Waals surface area contributed by atoms with Crippen molar-refractivity contribution >= 4 is 40.8 Å². The largest absolute Gasteiger partial charge is 0.462 e. The molecule has 0 heterocycles. The van der Waals surface area contributed by atoms with Crippen molar-refractivity contribution in [1.29, 1.82) is 0 Å². The molecule has 0 spiro atoms. The van der Waals surface area contributed by atoms with E-state index in [4.69, 9.17) is 16.3 Å². The maximum atomic E-state index is 12.2. The fraction of sp³-hybridized carbons (Fsp3) is 0.250. The number of halogens is 1. The van der Waals surface area contributed by atoms with Crippen LogP contribution in [0.2, 0.25) is 5.02 Å². The van der Waals surface area contributed by atoms with Gasteiger partial charge in [0.05, 0.1) is 12.2 Å². The molecule has 0 aliphatic carbocycles. The van der Waals surface area contributed by atoms with Crippen LogP contribution in [0.15, 0.2) is 48.5 Å². The molecule has 2 amide bonds. The van der Waals surface area contributed by atoms with Crippen LogP contribution in [0, 0.1) is 0 Å². The smallest absolute Gasteiger partial charge is 0.338 e. The number of carbonyl (C=O) groups is 3. The van der Waals surface area contributed by atoms with Crippen molar-refractivity contribution in [2.75, 3.05) is 23.4 Å². The maximum Gasteiger partial charge on any atom is 0.338 e. The number of nitrogens with zero attached hydrogens (tertiary/aromatic N) is 1. The number of amides is 2. The van der Waals surface area contributed by atoms with E-state index in [0.717, 1.165) is 0 Å². The Morgan fingerprint density at radius 1 is 1.04 bits per heavy atom. The molecule has 0 saturated carbocycles. The fourth-order valence-electron chi connectivity index (χ4n) is 2.43. The van der Waals surface area contributed by atoms with Crippen LogP contribution in [-0.4, -0.2) is 30.9 Å². The topological polar surface area (TPSA) is 75.7 Å². The van der Waals surface area contributed by atoms with Crippen molar-refractivity contribution in [2.24, 2.45) is 0 Å². The zero-order valence-corrected chi connectivity index (χ0v) is 16.0. The molecule has 0 saturated heterocycles. The van der Waals surface area contributed by atoms with Crippen molar-refractivity contribution in [3.8, 4) is 0 Å². The van der Waals surface area contributed by atoms with Gasteiger partial charge in [0.1, 0.15) is 0 Å². The van der Waals surface area contributed by atoms with Crippen LogP contribution in [0.3, 0.4) is 0 Å². The molecule has 2 aromatic rings. The number of hydrogen-bond acceptors (Lipinski definition) is 4. The maximum absolute atomic E-state index is 12.2. The average molecular weight is 389 g/mol. The van der Waals surface area contributed by atoms with Crippen LogP contribution in [0.1, 0.15) is 30.6 Å². The minimum absolute atomic E-state index is 0.127. The third-order valence-corrected chi connectivity index (χ3v) is 4.01. The van der Waals surface area contributed by atoms with Crippen LogP contribution >= 0.6 is 11.6 Å². The summed E-state index contributed by atoms with van der Waals surface area (Å²) >= 11 is 5.87. The second-order valence-electron chi connectivity index (χ2n) is 5.74. The van der Waals surface area contributed by atoms with Crippen LogP contribution in [-0.2, 0) is 14.3 Å². The van der Waals surface area contributed by atoms with Gasteiger partial charge >= 0.3 is 5.97 Å². The van der Waals surface area contributed by atoms with Gasteiger partial charge in [-0.2, -0.15) is 0 Å². The van der Waals surface area contributed by atoms with E-state index >= 15 is 0 Å². The summed E-state index contributed by atoms with van der Waals surface area (Å²) in [5.74, 6) is -0.807. The molecule has 0 radical (unpaired) electrons. The van der Waals surface area contributed by atoms with Gasteiger partial charge in [0.25, 0.3) is 0 Å². The van der Waals surface area contributed by atoms with E-state index < -0.39 is 5.97 Å². The van der Waals surface area contributed by atoms with E-state index in [1.165, 1.54) is 11.8 Å². The Balaban J connectivity index is 1.93. The van der Waals surface area contributed by atoms with Gasteiger partial charge in [-0.25, -0.2) is 4.79 Å². The van der Waals surface area contributed by atoms with Crippen molar-refractivity contribution in [2.45, 2.75) is 20.3 Å². The van der Waals surface area contributed by atoms with Gasteiger partial charge in [-0.1, -0.05) is 11.6 Å². The summed E-state index contributed by atoms with van der Waals surface area (Å²) in [4.78, 5) is 37.2. The van der Waals surface area contributed by atoms with Gasteiger partial charge < -0.3 is 15.0 Å². The number of benzene rings is 2. The molecule has 27 heavy (non-hydrogen) atoms. The molecule has 0 bridgehead atoms. The van der Waals surface area contributed by atoms with Gasteiger partial charge in [0, 0.05) is 36.3 Å². The third kappa shape index (κ3) is 6.11. The lowest BCUT2D eigenvalue weighted by atomic mass is 10.2. The highest BCUT2D eigenvalue weighted by molar-refractivity contribution is 6.30. The van der Waals surface area contributed by atoms with Crippen LogP contribution in [0.4, 0.5) is 11.4 Å². The molecular formula is C20H21ClN2O4. The van der Waals surface area contributed by atoms with Gasteiger partial charge in [-0.15, -0.1) is 0 Å². The molecule has 142 valence electrons. The highest BCUT2D eigenvalue weighted by Crippen LogP contribution is 2.19. The summed E-state index contributed by atoms with van der Waals surface area (Å²) in [6, 6.07) is 13.3. The van der Waals surface area contributed by atoms with E-state index in [0.29, 0.717) is 28.6 Å². The summed E-state index contributed by atoms with van der Waals surface area (Å²) < 4.78 is 4.91. The third-order valence-electron chi connectivity index (χ3n) is 3.76. The number of nitrogens with one attached hydrogen (secondary N) is 1. The number of carbonyl (C=O) groups excluding carboxylic acids is 3. The van der Waals surface area contributed by atoms with Crippen molar-refractivity contribution < 1.29 is 19.1 Å². The number of hydrogen-bond donors (Lipinski definition) is 1. The van der Waals surface area contributed by atoms with Gasteiger partial charge in [0.2, 0.25) is 11.8 Å². The number of ether oxygens (including phenoxy) is 1. The predicted molar refractivity (Wildman–Crippen MR) is 105 cm³/mol. The lowest BCUT2D eigenvalue weighted by Crippen LogP contribution is -2.31. The highest BCUT2D eigenvalue weighted by Gasteiger charge is 2.14. The Kier molecular flexibility index (Phi) is 7.37. The lowest BCUT2D eigenvalue weighted by Gasteiger charge is -2.21. The molecule has 1 N–H and O–H groups in total. The molecule has 0 atom stereocenters. The molecule has 2 rings (SSSR count). The Labute approximate surface area is 163 Å². The van der Waals surface area contributed by atoms with Crippen molar-refractivity contribution in [3.05, 3.63) is 59.1 Å². The van der Waals surface area contributed by atoms with E-state index in [1.807, 2.05) is 0 Å². The van der Waals surface area contributed by atoms with Gasteiger partial charge in [0.15, 0.2) is 0 Å². The number of anilines is 2. The minimum Gasteiger partial charge on any atom is -0.462 e. The van der Waals surface area contributed by atoms with E-state index in [-0.39, 0.29) is 24.8 Å². The fourth-order valence-corrected chi connectivity index (χ4v) is 2.56. The monoisotopic (exact) mass is 388 g/mol. The second kappa shape index (κ2) is 9.73. The zero-order chi connectivity index (χ0) is 19.8. The Hall–Kier alpha value is -2.86. The zero-order valence-electron chi connectivity index (χ0n) is 15.2. The Morgan fingerprint density at radius 3 is 2.22 bits per heavy atom. The molecule has 0 aliphatic rings. The average Bonchev–Trinajstić information content (AvgIpc) is 2.64. The highest BCUT2D eigenvalue weighted by atomic mass is 35.5. The minimum atomic E-state index is -0.407. The number of esters is 1. The van der Waals surface area contributed by atoms with Crippen LogP contribution < -0.4 is 10.2 Å². The van der Waals surface area contributed by atoms with E-state index in [9.17, 15) is 14.4 Å². The summed E-state index contributed by atoms with van der Waals surface area (Å²) in [5, 5.41) is 3.32. The standard InChI is InChI=1S/C20H21ClN2O4/c1-3-27-20(26)15-4-8-17(9-5-15)22-19(25)12-13-23(14(2)24)18-10-6-16(21)7-11-18/h4-11H,3,12-13H2,1-2H3,(H,22,25). The Morgan fingerprint density at radius 2 is 1.67 bits per heavy atom. The molecular weight excluding hydrogens is 368 g/mol. The predicted octanol–water partition coefficient (Wildman–Crippen LogP) is 3.90. The summed E-state index contributed by atoms with van der Waals surface area (Å²) in [7, 11) is 0. The van der Waals surface area contributed by atoms with Gasteiger partial charge in [-0.3, -0.25) is 9.59 Å². The first-order valence-corrected chi connectivity index (χ1v) is 8.89. The van der Waals surface area contributed by atoms with Crippen molar-refractivity contribution in [1.82, 2.24) is 0 Å². The van der Waals surface area contributed by atoms with E-state index in [1.54, 1.807) is 55.5 Å². The van der Waals surface area contributed by atoms with E-state index in [2.05, 4.69) is 5.32 Å². The van der Waals surface area contributed by atoms with Crippen molar-refractivity contribution in [3.63, 3.8) is 0 Å². The molecule has 7 heteroatoms.